The van der Waals surface area contributed by atoms with Crippen molar-refractivity contribution in [1.82, 2.24) is 15.2 Å². The predicted molar refractivity (Wildman–Crippen MR) is 114 cm³/mol. The Labute approximate surface area is 184 Å². The summed E-state index contributed by atoms with van der Waals surface area (Å²) in [5.74, 6) is -0.983. The summed E-state index contributed by atoms with van der Waals surface area (Å²) in [6, 6.07) is 5.64. The van der Waals surface area contributed by atoms with Crippen molar-refractivity contribution < 1.29 is 22.4 Å². The smallest absolute Gasteiger partial charge is 0.361 e. The number of anilines is 1. The average Bonchev–Trinajstić information content (AvgIpc) is 3.27. The Bertz CT molecular complexity index is 984. The third kappa shape index (κ3) is 6.06. The molecule has 2 N–H and O–H groups in total. The van der Waals surface area contributed by atoms with Crippen LogP contribution in [0.4, 0.5) is 23.2 Å². The summed E-state index contributed by atoms with van der Waals surface area (Å²) in [4.78, 5) is 18.9. The van der Waals surface area contributed by atoms with E-state index in [1.165, 1.54) is 6.20 Å². The van der Waals surface area contributed by atoms with Crippen molar-refractivity contribution in [1.29, 1.82) is 0 Å². The molecule has 0 bridgehead atoms. The number of aromatic nitrogens is 1. The van der Waals surface area contributed by atoms with E-state index in [1.54, 1.807) is 25.4 Å². The van der Waals surface area contributed by atoms with Gasteiger partial charge in [-0.3, -0.25) is 9.78 Å². The van der Waals surface area contributed by atoms with Crippen LogP contribution in [0.3, 0.4) is 0 Å². The standard InChI is InChI=1S/C23H26F4N4O/c1-15(28-2)21(22(32)31-7-3-4-8-31)14-30-19-5-6-29-20(13-19)11-16-9-17(23(25,26)27)12-18(24)10-16/h5-6,9-10,12-15,28H,3-4,7-8,11H2,1-2H3,(H,29,30)/b21-14+. The molecule has 1 saturated heterocycles. The number of carbonyl (C=O) groups is 1. The largest absolute Gasteiger partial charge is 0.416 e. The molecule has 32 heavy (non-hydrogen) atoms. The number of nitrogens with zero attached hydrogens (tertiary/aromatic N) is 2. The molecule has 1 aliphatic heterocycles. The van der Waals surface area contributed by atoms with E-state index in [2.05, 4.69) is 15.6 Å². The van der Waals surface area contributed by atoms with Gasteiger partial charge < -0.3 is 15.5 Å². The third-order valence-corrected chi connectivity index (χ3v) is 5.42. The minimum Gasteiger partial charge on any atom is -0.361 e. The molecule has 2 aromatic rings. The van der Waals surface area contributed by atoms with Crippen molar-refractivity contribution in [2.24, 2.45) is 0 Å². The molecule has 0 saturated carbocycles. The van der Waals surface area contributed by atoms with Gasteiger partial charge in [0.2, 0.25) is 0 Å². The van der Waals surface area contributed by atoms with Gasteiger partial charge in [0.05, 0.1) is 5.56 Å². The maximum Gasteiger partial charge on any atom is 0.416 e. The van der Waals surface area contributed by atoms with Crippen molar-refractivity contribution >= 4 is 11.6 Å². The van der Waals surface area contributed by atoms with Crippen LogP contribution in [0.15, 0.2) is 48.3 Å². The van der Waals surface area contributed by atoms with Gasteiger partial charge in [0.25, 0.3) is 5.91 Å². The summed E-state index contributed by atoms with van der Waals surface area (Å²) >= 11 is 0. The first-order valence-electron chi connectivity index (χ1n) is 10.4. The van der Waals surface area contributed by atoms with Gasteiger partial charge >= 0.3 is 6.18 Å². The van der Waals surface area contributed by atoms with Gasteiger partial charge in [-0.1, -0.05) is 0 Å². The summed E-state index contributed by atoms with van der Waals surface area (Å²) in [5.41, 5.74) is 0.809. The molecule has 1 aliphatic rings. The Morgan fingerprint density at radius 3 is 2.59 bits per heavy atom. The van der Waals surface area contributed by atoms with Crippen molar-refractivity contribution in [2.45, 2.75) is 38.4 Å². The maximum absolute atomic E-state index is 13.7. The predicted octanol–water partition coefficient (Wildman–Crippen LogP) is 4.36. The summed E-state index contributed by atoms with van der Waals surface area (Å²) < 4.78 is 52.6. The van der Waals surface area contributed by atoms with Crippen LogP contribution in [0, 0.1) is 5.82 Å². The van der Waals surface area contributed by atoms with Crippen LogP contribution in [0.5, 0.6) is 0 Å². The molecular formula is C23H26F4N4O. The number of hydrogen-bond acceptors (Lipinski definition) is 4. The van der Waals surface area contributed by atoms with Gasteiger partial charge in [0.15, 0.2) is 0 Å². The van der Waals surface area contributed by atoms with E-state index < -0.39 is 17.6 Å². The van der Waals surface area contributed by atoms with Crippen molar-refractivity contribution in [3.8, 4) is 0 Å². The number of likely N-dealkylation sites (tertiary alicyclic amines) is 1. The molecular weight excluding hydrogens is 424 g/mol. The molecule has 0 aliphatic carbocycles. The van der Waals surface area contributed by atoms with Crippen LogP contribution in [0.2, 0.25) is 0 Å². The van der Waals surface area contributed by atoms with Crippen molar-refractivity contribution in [2.75, 3.05) is 25.5 Å². The van der Waals surface area contributed by atoms with Crippen LogP contribution in [0.25, 0.3) is 0 Å². The van der Waals surface area contributed by atoms with Gasteiger partial charge in [0, 0.05) is 54.9 Å². The lowest BCUT2D eigenvalue weighted by Crippen LogP contribution is -2.37. The number of hydrogen-bond donors (Lipinski definition) is 2. The number of carbonyl (C=O) groups excluding carboxylic acids is 1. The Balaban J connectivity index is 1.78. The fraction of sp³-hybridized carbons (Fsp3) is 0.391. The zero-order valence-electron chi connectivity index (χ0n) is 18.0. The Hall–Kier alpha value is -2.94. The molecule has 9 heteroatoms. The lowest BCUT2D eigenvalue weighted by molar-refractivity contribution is -0.137. The molecule has 1 aromatic carbocycles. The first-order chi connectivity index (χ1) is 15.2. The maximum atomic E-state index is 13.7. The highest BCUT2D eigenvalue weighted by atomic mass is 19.4. The molecule has 1 atom stereocenters. The van der Waals surface area contributed by atoms with Gasteiger partial charge in [0.1, 0.15) is 5.82 Å². The van der Waals surface area contributed by atoms with E-state index in [0.717, 1.165) is 38.1 Å². The fourth-order valence-electron chi connectivity index (χ4n) is 3.58. The number of rotatable bonds is 7. The van der Waals surface area contributed by atoms with Crippen LogP contribution < -0.4 is 10.6 Å². The zero-order valence-corrected chi connectivity index (χ0v) is 18.0. The first kappa shape index (κ1) is 23.7. The normalized spacial score (nSPS) is 15.7. The number of alkyl halides is 3. The van der Waals surface area contributed by atoms with Crippen LogP contribution in [-0.2, 0) is 17.4 Å². The molecule has 0 spiro atoms. The monoisotopic (exact) mass is 450 g/mol. The molecule has 1 fully saturated rings. The highest BCUT2D eigenvalue weighted by Gasteiger charge is 2.31. The minimum absolute atomic E-state index is 0.0343. The number of halogens is 4. The lowest BCUT2D eigenvalue weighted by atomic mass is 10.0. The number of amides is 1. The van der Waals surface area contributed by atoms with E-state index in [4.69, 9.17) is 0 Å². The summed E-state index contributed by atoms with van der Waals surface area (Å²) in [6.07, 6.45) is 0.547. The summed E-state index contributed by atoms with van der Waals surface area (Å²) in [6.45, 7) is 3.36. The fourth-order valence-corrected chi connectivity index (χ4v) is 3.58. The first-order valence-corrected chi connectivity index (χ1v) is 10.4. The quantitative estimate of drug-likeness (QED) is 0.486. The lowest BCUT2D eigenvalue weighted by Gasteiger charge is -2.21. The third-order valence-electron chi connectivity index (χ3n) is 5.42. The summed E-state index contributed by atoms with van der Waals surface area (Å²) in [7, 11) is 1.77. The van der Waals surface area contributed by atoms with Gasteiger partial charge in [-0.25, -0.2) is 4.39 Å². The van der Waals surface area contributed by atoms with Gasteiger partial charge in [-0.2, -0.15) is 13.2 Å². The molecule has 0 radical (unpaired) electrons. The van der Waals surface area contributed by atoms with Gasteiger partial charge in [-0.15, -0.1) is 0 Å². The molecule has 172 valence electrons. The number of likely N-dealkylation sites (N-methyl/N-ethyl adjacent to an activating group) is 1. The molecule has 2 heterocycles. The average molecular weight is 450 g/mol. The van der Waals surface area contributed by atoms with Gasteiger partial charge in [-0.05, 0) is 62.7 Å². The van der Waals surface area contributed by atoms with Crippen molar-refractivity contribution in [3.05, 3.63) is 70.9 Å². The second kappa shape index (κ2) is 10.1. The van der Waals surface area contributed by atoms with E-state index >= 15 is 0 Å². The second-order valence-electron chi connectivity index (χ2n) is 7.81. The Kier molecular flexibility index (Phi) is 7.50. The topological polar surface area (TPSA) is 57.3 Å². The number of nitrogens with one attached hydrogen (secondary N) is 2. The molecule has 1 aromatic heterocycles. The second-order valence-corrected chi connectivity index (χ2v) is 7.81. The van der Waals surface area contributed by atoms with E-state index in [-0.39, 0.29) is 23.9 Å². The SMILES string of the molecule is CNC(C)/C(=C\Nc1ccnc(Cc2cc(F)cc(C(F)(F)F)c2)c1)C(=O)N1CCCC1. The van der Waals surface area contributed by atoms with E-state index in [0.29, 0.717) is 23.0 Å². The van der Waals surface area contributed by atoms with E-state index in [1.807, 2.05) is 11.8 Å². The minimum atomic E-state index is -4.62. The van der Waals surface area contributed by atoms with Crippen LogP contribution in [-0.4, -0.2) is 42.0 Å². The molecule has 1 unspecified atom stereocenters. The summed E-state index contributed by atoms with van der Waals surface area (Å²) in [5, 5.41) is 6.17. The van der Waals surface area contributed by atoms with Crippen molar-refractivity contribution in [3.63, 3.8) is 0 Å². The zero-order chi connectivity index (χ0) is 23.3. The molecule has 1 amide bonds. The van der Waals surface area contributed by atoms with Crippen LogP contribution >= 0.6 is 0 Å². The molecule has 5 nitrogen and oxygen atoms in total. The highest BCUT2D eigenvalue weighted by molar-refractivity contribution is 5.95. The van der Waals surface area contributed by atoms with Crippen LogP contribution in [0.1, 0.15) is 36.6 Å². The number of pyridine rings is 1. The van der Waals surface area contributed by atoms with E-state index in [9.17, 15) is 22.4 Å². The number of benzene rings is 1. The molecule has 3 rings (SSSR count). The Morgan fingerprint density at radius 2 is 1.94 bits per heavy atom. The Morgan fingerprint density at radius 1 is 1.22 bits per heavy atom. The highest BCUT2D eigenvalue weighted by Crippen LogP contribution is 2.31.